The first kappa shape index (κ1) is 18.6. The number of carbonyl (C=O) groups excluding carboxylic acids is 1. The number of benzene rings is 2. The molecule has 0 N–H and O–H groups in total. The van der Waals surface area contributed by atoms with E-state index in [1.807, 2.05) is 69.3 Å². The highest BCUT2D eigenvalue weighted by Crippen LogP contribution is 2.28. The molecule has 2 rings (SSSR count). The van der Waals surface area contributed by atoms with Gasteiger partial charge in [-0.25, -0.2) is 0 Å². The molecule has 132 valence electrons. The molecule has 0 bridgehead atoms. The standard InChI is InChI=1S/C21H25NO3/c1-6-22(18-9-7-8-15(2)12-18)21(23)16(3)13-17-10-11-19(24-4)20(14-17)25-5/h7-14H,6H2,1-5H3/b16-13+. The van der Waals surface area contributed by atoms with E-state index in [0.717, 1.165) is 16.8 Å². The van der Waals surface area contributed by atoms with E-state index < -0.39 is 0 Å². The first-order valence-corrected chi connectivity index (χ1v) is 8.29. The van der Waals surface area contributed by atoms with E-state index in [1.54, 1.807) is 19.1 Å². The Morgan fingerprint density at radius 3 is 2.40 bits per heavy atom. The number of amides is 1. The lowest BCUT2D eigenvalue weighted by atomic mass is 10.1. The normalized spacial score (nSPS) is 11.2. The van der Waals surface area contributed by atoms with Gasteiger partial charge in [0.1, 0.15) is 0 Å². The summed E-state index contributed by atoms with van der Waals surface area (Å²) in [7, 11) is 3.20. The van der Waals surface area contributed by atoms with Gasteiger partial charge in [-0.1, -0.05) is 18.2 Å². The Morgan fingerprint density at radius 2 is 1.80 bits per heavy atom. The van der Waals surface area contributed by atoms with Gasteiger partial charge in [0.15, 0.2) is 11.5 Å². The van der Waals surface area contributed by atoms with Gasteiger partial charge in [-0.15, -0.1) is 0 Å². The predicted octanol–water partition coefficient (Wildman–Crippen LogP) is 4.47. The number of likely N-dealkylation sites (N-methyl/N-ethyl adjacent to an activating group) is 1. The zero-order valence-corrected chi connectivity index (χ0v) is 15.5. The second kappa shape index (κ2) is 8.38. The molecule has 0 saturated heterocycles. The van der Waals surface area contributed by atoms with Gasteiger partial charge in [-0.3, -0.25) is 4.79 Å². The van der Waals surface area contributed by atoms with Crippen LogP contribution in [0.1, 0.15) is 25.0 Å². The summed E-state index contributed by atoms with van der Waals surface area (Å²) in [4.78, 5) is 14.6. The van der Waals surface area contributed by atoms with Crippen LogP contribution in [0.25, 0.3) is 6.08 Å². The van der Waals surface area contributed by atoms with E-state index in [4.69, 9.17) is 9.47 Å². The molecular formula is C21H25NO3. The fourth-order valence-corrected chi connectivity index (χ4v) is 2.71. The first-order valence-electron chi connectivity index (χ1n) is 8.29. The van der Waals surface area contributed by atoms with Crippen LogP contribution in [0.15, 0.2) is 48.0 Å². The van der Waals surface area contributed by atoms with E-state index in [1.165, 1.54) is 0 Å². The number of methoxy groups -OCH3 is 2. The first-order chi connectivity index (χ1) is 12.0. The van der Waals surface area contributed by atoms with Gasteiger partial charge < -0.3 is 14.4 Å². The number of nitrogens with zero attached hydrogens (tertiary/aromatic N) is 1. The van der Waals surface area contributed by atoms with Crippen LogP contribution in [0.2, 0.25) is 0 Å². The van der Waals surface area contributed by atoms with E-state index >= 15 is 0 Å². The molecule has 0 saturated carbocycles. The van der Waals surface area contributed by atoms with Gasteiger partial charge in [0.05, 0.1) is 14.2 Å². The summed E-state index contributed by atoms with van der Waals surface area (Å²) in [5.41, 5.74) is 3.59. The van der Waals surface area contributed by atoms with Crippen LogP contribution >= 0.6 is 0 Å². The Balaban J connectivity index is 2.30. The number of hydrogen-bond donors (Lipinski definition) is 0. The fourth-order valence-electron chi connectivity index (χ4n) is 2.71. The van der Waals surface area contributed by atoms with E-state index in [9.17, 15) is 4.79 Å². The van der Waals surface area contributed by atoms with E-state index in [2.05, 4.69) is 0 Å². The summed E-state index contributed by atoms with van der Waals surface area (Å²) in [6, 6.07) is 13.6. The monoisotopic (exact) mass is 339 g/mol. The lowest BCUT2D eigenvalue weighted by molar-refractivity contribution is -0.115. The van der Waals surface area contributed by atoms with E-state index in [0.29, 0.717) is 23.6 Å². The molecule has 0 aliphatic carbocycles. The lowest BCUT2D eigenvalue weighted by Gasteiger charge is -2.22. The highest BCUT2D eigenvalue weighted by atomic mass is 16.5. The quantitative estimate of drug-likeness (QED) is 0.729. The van der Waals surface area contributed by atoms with Crippen molar-refractivity contribution in [2.75, 3.05) is 25.7 Å². The summed E-state index contributed by atoms with van der Waals surface area (Å²) in [6.07, 6.45) is 1.86. The third kappa shape index (κ3) is 4.41. The number of ether oxygens (including phenoxy) is 2. The molecule has 0 spiro atoms. The molecule has 1 amide bonds. The van der Waals surface area contributed by atoms with Gasteiger partial charge >= 0.3 is 0 Å². The Labute approximate surface area is 149 Å². The van der Waals surface area contributed by atoms with Crippen molar-refractivity contribution in [1.29, 1.82) is 0 Å². The molecular weight excluding hydrogens is 314 g/mol. The van der Waals surface area contributed by atoms with Gasteiger partial charge in [0, 0.05) is 17.8 Å². The van der Waals surface area contributed by atoms with Crippen molar-refractivity contribution in [3.63, 3.8) is 0 Å². The average molecular weight is 339 g/mol. The molecule has 0 unspecified atom stereocenters. The highest BCUT2D eigenvalue weighted by molar-refractivity contribution is 6.07. The maximum Gasteiger partial charge on any atom is 0.253 e. The van der Waals surface area contributed by atoms with Crippen molar-refractivity contribution in [1.82, 2.24) is 0 Å². The maximum absolute atomic E-state index is 12.9. The molecule has 2 aromatic carbocycles. The van der Waals surface area contributed by atoms with Crippen molar-refractivity contribution in [3.8, 4) is 11.5 Å². The molecule has 0 fully saturated rings. The smallest absolute Gasteiger partial charge is 0.253 e. The van der Waals surface area contributed by atoms with Gasteiger partial charge in [-0.2, -0.15) is 0 Å². The average Bonchev–Trinajstić information content (AvgIpc) is 2.62. The van der Waals surface area contributed by atoms with Crippen LogP contribution in [-0.4, -0.2) is 26.7 Å². The Kier molecular flexibility index (Phi) is 6.23. The largest absolute Gasteiger partial charge is 0.493 e. The Hall–Kier alpha value is -2.75. The highest BCUT2D eigenvalue weighted by Gasteiger charge is 2.16. The minimum absolute atomic E-state index is 0.0112. The van der Waals surface area contributed by atoms with Gasteiger partial charge in [-0.05, 0) is 62.2 Å². The topological polar surface area (TPSA) is 38.8 Å². The molecule has 0 aliphatic rings. The second-order valence-electron chi connectivity index (χ2n) is 5.83. The predicted molar refractivity (Wildman–Crippen MR) is 102 cm³/mol. The molecule has 0 aliphatic heterocycles. The summed E-state index contributed by atoms with van der Waals surface area (Å²) in [5.74, 6) is 1.30. The summed E-state index contributed by atoms with van der Waals surface area (Å²) < 4.78 is 10.6. The van der Waals surface area contributed by atoms with Crippen molar-refractivity contribution in [3.05, 3.63) is 59.2 Å². The molecule has 0 aromatic heterocycles. The van der Waals surface area contributed by atoms with E-state index in [-0.39, 0.29) is 5.91 Å². The minimum Gasteiger partial charge on any atom is -0.493 e. The van der Waals surface area contributed by atoms with Crippen molar-refractivity contribution in [2.24, 2.45) is 0 Å². The molecule has 0 atom stereocenters. The molecule has 0 radical (unpaired) electrons. The number of anilines is 1. The van der Waals surface area contributed by atoms with Crippen LogP contribution in [0.5, 0.6) is 11.5 Å². The zero-order valence-electron chi connectivity index (χ0n) is 15.5. The van der Waals surface area contributed by atoms with Crippen LogP contribution in [0, 0.1) is 6.92 Å². The summed E-state index contributed by atoms with van der Waals surface area (Å²) in [5, 5.41) is 0. The number of rotatable bonds is 6. The fraction of sp³-hybridized carbons (Fsp3) is 0.286. The van der Waals surface area contributed by atoms with Gasteiger partial charge in [0.25, 0.3) is 5.91 Å². The Morgan fingerprint density at radius 1 is 1.08 bits per heavy atom. The van der Waals surface area contributed by atoms with Crippen LogP contribution in [0.3, 0.4) is 0 Å². The summed E-state index contributed by atoms with van der Waals surface area (Å²) >= 11 is 0. The Bertz CT molecular complexity index is 780. The molecule has 0 heterocycles. The third-order valence-corrected chi connectivity index (χ3v) is 4.00. The lowest BCUT2D eigenvalue weighted by Crippen LogP contribution is -2.31. The van der Waals surface area contributed by atoms with Gasteiger partial charge in [0.2, 0.25) is 0 Å². The second-order valence-corrected chi connectivity index (χ2v) is 5.83. The van der Waals surface area contributed by atoms with Crippen LogP contribution < -0.4 is 14.4 Å². The summed E-state index contributed by atoms with van der Waals surface area (Å²) in [6.45, 7) is 6.44. The van der Waals surface area contributed by atoms with Crippen molar-refractivity contribution in [2.45, 2.75) is 20.8 Å². The molecule has 2 aromatic rings. The number of hydrogen-bond acceptors (Lipinski definition) is 3. The number of carbonyl (C=O) groups is 1. The number of aryl methyl sites for hydroxylation is 1. The SMILES string of the molecule is CCN(C(=O)/C(C)=C/c1ccc(OC)c(OC)c1)c1cccc(C)c1. The zero-order chi connectivity index (χ0) is 18.4. The molecule has 4 heteroatoms. The van der Waals surface area contributed by atoms with Crippen molar-refractivity contribution < 1.29 is 14.3 Å². The molecule has 25 heavy (non-hydrogen) atoms. The van der Waals surface area contributed by atoms with Crippen LogP contribution in [0.4, 0.5) is 5.69 Å². The van der Waals surface area contributed by atoms with Crippen molar-refractivity contribution >= 4 is 17.7 Å². The minimum atomic E-state index is -0.0112. The third-order valence-electron chi connectivity index (χ3n) is 4.00. The van der Waals surface area contributed by atoms with Crippen LogP contribution in [-0.2, 0) is 4.79 Å². The molecule has 4 nitrogen and oxygen atoms in total. The maximum atomic E-state index is 12.9.